The first-order valence-corrected chi connectivity index (χ1v) is 8.92. The molecule has 0 spiro atoms. The van der Waals surface area contributed by atoms with Crippen LogP contribution in [0, 0.1) is 0 Å². The summed E-state index contributed by atoms with van der Waals surface area (Å²) in [5, 5.41) is 12.9. The Bertz CT molecular complexity index is 1240. The van der Waals surface area contributed by atoms with Crippen molar-refractivity contribution in [3.63, 3.8) is 0 Å². The smallest absolute Gasteiger partial charge is 0.406 e. The van der Waals surface area contributed by atoms with E-state index in [4.69, 9.17) is 5.73 Å². The molecule has 2 aromatic carbocycles. The monoisotopic (exact) mass is 428 g/mol. The van der Waals surface area contributed by atoms with Gasteiger partial charge in [0.15, 0.2) is 5.82 Å². The van der Waals surface area contributed by atoms with Gasteiger partial charge in [0.2, 0.25) is 0 Å². The Morgan fingerprint density at radius 1 is 1.00 bits per heavy atom. The highest BCUT2D eigenvalue weighted by Crippen LogP contribution is 2.28. The molecule has 4 rings (SSSR count). The van der Waals surface area contributed by atoms with Crippen LogP contribution in [-0.4, -0.2) is 27.2 Å². The number of nitrogen functional groups attached to an aromatic ring is 1. The number of benzene rings is 2. The Labute approximate surface area is 173 Å². The Morgan fingerprint density at radius 2 is 1.74 bits per heavy atom. The molecule has 31 heavy (non-hydrogen) atoms. The summed E-state index contributed by atoms with van der Waals surface area (Å²) in [4.78, 5) is 12.2. The van der Waals surface area contributed by atoms with Gasteiger partial charge in [0, 0.05) is 29.2 Å². The van der Waals surface area contributed by atoms with Crippen LogP contribution in [-0.2, 0) is 0 Å². The predicted octanol–water partition coefficient (Wildman–Crippen LogP) is 4.52. The minimum absolute atomic E-state index is 0.145. The normalized spacial score (nSPS) is 11.3. The number of pyridine rings is 1. The molecule has 8 nitrogen and oxygen atoms in total. The van der Waals surface area contributed by atoms with E-state index in [2.05, 4.69) is 25.7 Å². The third-order valence-electron chi connectivity index (χ3n) is 4.25. The van der Waals surface area contributed by atoms with E-state index in [1.54, 1.807) is 35.0 Å². The van der Waals surface area contributed by atoms with Crippen molar-refractivity contribution >= 4 is 28.7 Å². The molecule has 2 aromatic heterocycles. The standard InChI is InChI=1S/C20H15F3N6O2/c21-20(22,23)31-15-4-1-3-14(11-15)26-19(30)25-13-8-6-12(7-9-13)16-5-2-10-29-17(16)18(24)27-28-29/h1-11H,24H2,(H2,25,26,30). The Kier molecular flexibility index (Phi) is 5.07. The van der Waals surface area contributed by atoms with Crippen molar-refractivity contribution < 1.29 is 22.7 Å². The number of hydrogen-bond acceptors (Lipinski definition) is 5. The van der Waals surface area contributed by atoms with Crippen LogP contribution in [0.15, 0.2) is 66.9 Å². The zero-order chi connectivity index (χ0) is 22.0. The number of rotatable bonds is 4. The Morgan fingerprint density at radius 3 is 2.48 bits per heavy atom. The number of nitrogens with one attached hydrogen (secondary N) is 2. The molecule has 0 atom stereocenters. The molecule has 0 radical (unpaired) electrons. The third kappa shape index (κ3) is 4.66. The van der Waals surface area contributed by atoms with Gasteiger partial charge in [-0.15, -0.1) is 18.3 Å². The van der Waals surface area contributed by atoms with Crippen LogP contribution >= 0.6 is 0 Å². The number of carbonyl (C=O) groups is 1. The Balaban J connectivity index is 1.45. The van der Waals surface area contributed by atoms with Crippen LogP contribution in [0.3, 0.4) is 0 Å². The van der Waals surface area contributed by atoms with Crippen molar-refractivity contribution in [3.8, 4) is 16.9 Å². The topological polar surface area (TPSA) is 107 Å². The van der Waals surface area contributed by atoms with Gasteiger partial charge in [-0.25, -0.2) is 9.31 Å². The molecule has 0 aliphatic rings. The Hall–Kier alpha value is -4.28. The number of anilines is 3. The van der Waals surface area contributed by atoms with Gasteiger partial charge in [-0.1, -0.05) is 29.5 Å². The second-order valence-corrected chi connectivity index (χ2v) is 6.42. The zero-order valence-electron chi connectivity index (χ0n) is 15.7. The van der Waals surface area contributed by atoms with Crippen LogP contribution in [0.4, 0.5) is 35.2 Å². The lowest BCUT2D eigenvalue weighted by atomic mass is 10.1. The average molecular weight is 428 g/mol. The molecule has 0 bridgehead atoms. The highest BCUT2D eigenvalue weighted by molar-refractivity contribution is 6.00. The molecule has 0 unspecified atom stereocenters. The molecular weight excluding hydrogens is 413 g/mol. The lowest BCUT2D eigenvalue weighted by Gasteiger charge is -2.11. The first-order valence-electron chi connectivity index (χ1n) is 8.92. The van der Waals surface area contributed by atoms with Gasteiger partial charge in [-0.3, -0.25) is 0 Å². The number of aromatic nitrogens is 3. The molecule has 0 fully saturated rings. The van der Waals surface area contributed by atoms with Gasteiger partial charge in [-0.05, 0) is 35.9 Å². The first kappa shape index (κ1) is 20.0. The van der Waals surface area contributed by atoms with Gasteiger partial charge in [0.1, 0.15) is 11.3 Å². The highest BCUT2D eigenvalue weighted by Gasteiger charge is 2.31. The number of amides is 2. The van der Waals surface area contributed by atoms with Crippen molar-refractivity contribution in [2.24, 2.45) is 0 Å². The number of urea groups is 1. The van der Waals surface area contributed by atoms with E-state index in [9.17, 15) is 18.0 Å². The summed E-state index contributed by atoms with van der Waals surface area (Å²) >= 11 is 0. The van der Waals surface area contributed by atoms with Crippen LogP contribution < -0.4 is 21.1 Å². The molecule has 4 aromatic rings. The summed E-state index contributed by atoms with van der Waals surface area (Å²) in [5.74, 6) is -0.133. The summed E-state index contributed by atoms with van der Waals surface area (Å²) in [5.41, 5.74) is 8.85. The first-order chi connectivity index (χ1) is 14.8. The SMILES string of the molecule is Nc1nnn2cccc(-c3ccc(NC(=O)Nc4cccc(OC(F)(F)F)c4)cc3)c12. The summed E-state index contributed by atoms with van der Waals surface area (Å²) < 4.78 is 42.4. The van der Waals surface area contributed by atoms with Gasteiger partial charge in [0.05, 0.1) is 0 Å². The van der Waals surface area contributed by atoms with E-state index >= 15 is 0 Å². The van der Waals surface area contributed by atoms with Gasteiger partial charge >= 0.3 is 12.4 Å². The largest absolute Gasteiger partial charge is 0.573 e. The fourth-order valence-electron chi connectivity index (χ4n) is 3.00. The minimum Gasteiger partial charge on any atom is -0.406 e. The number of alkyl halides is 3. The summed E-state index contributed by atoms with van der Waals surface area (Å²) in [7, 11) is 0. The number of nitrogens with two attached hydrogens (primary N) is 1. The number of fused-ring (bicyclic) bond motifs is 1. The van der Waals surface area contributed by atoms with Crippen LogP contribution in [0.25, 0.3) is 16.6 Å². The molecule has 0 saturated carbocycles. The van der Waals surface area contributed by atoms with E-state index < -0.39 is 18.1 Å². The fraction of sp³-hybridized carbons (Fsp3) is 0.0500. The molecule has 2 heterocycles. The second kappa shape index (κ2) is 7.86. The minimum atomic E-state index is -4.81. The van der Waals surface area contributed by atoms with E-state index in [-0.39, 0.29) is 5.69 Å². The van der Waals surface area contributed by atoms with Crippen LogP contribution in [0.1, 0.15) is 0 Å². The van der Waals surface area contributed by atoms with Crippen molar-refractivity contribution in [1.82, 2.24) is 14.8 Å². The van der Waals surface area contributed by atoms with Gasteiger partial charge < -0.3 is 21.1 Å². The number of nitrogens with zero attached hydrogens (tertiary/aromatic N) is 3. The second-order valence-electron chi connectivity index (χ2n) is 6.42. The molecule has 2 amide bonds. The van der Waals surface area contributed by atoms with Gasteiger partial charge in [-0.2, -0.15) is 0 Å². The number of carbonyl (C=O) groups excluding carboxylic acids is 1. The van der Waals surface area contributed by atoms with Crippen molar-refractivity contribution in [1.29, 1.82) is 0 Å². The molecule has 0 saturated heterocycles. The van der Waals surface area contributed by atoms with Crippen molar-refractivity contribution in [3.05, 3.63) is 66.9 Å². The summed E-state index contributed by atoms with van der Waals surface area (Å²) in [6.45, 7) is 0. The van der Waals surface area contributed by atoms with E-state index in [1.807, 2.05) is 12.1 Å². The maximum Gasteiger partial charge on any atom is 0.573 e. The predicted molar refractivity (Wildman–Crippen MR) is 109 cm³/mol. The van der Waals surface area contributed by atoms with E-state index in [1.165, 1.54) is 12.1 Å². The quantitative estimate of drug-likeness (QED) is 0.443. The highest BCUT2D eigenvalue weighted by atomic mass is 19.4. The van der Waals surface area contributed by atoms with Crippen LogP contribution in [0.5, 0.6) is 5.75 Å². The fourth-order valence-corrected chi connectivity index (χ4v) is 3.00. The molecule has 4 N–H and O–H groups in total. The van der Waals surface area contributed by atoms with Crippen molar-refractivity contribution in [2.45, 2.75) is 6.36 Å². The average Bonchev–Trinajstić information content (AvgIpc) is 3.09. The molecule has 0 aliphatic heterocycles. The van der Waals surface area contributed by atoms with E-state index in [0.29, 0.717) is 17.0 Å². The molecular formula is C20H15F3N6O2. The molecule has 11 heteroatoms. The third-order valence-corrected chi connectivity index (χ3v) is 4.25. The molecule has 0 aliphatic carbocycles. The summed E-state index contributed by atoms with van der Waals surface area (Å²) in [6, 6.07) is 15.0. The number of halogens is 3. The lowest BCUT2D eigenvalue weighted by Crippen LogP contribution is -2.20. The number of hydrogen-bond donors (Lipinski definition) is 3. The van der Waals surface area contributed by atoms with Crippen LogP contribution in [0.2, 0.25) is 0 Å². The number of ether oxygens (including phenoxy) is 1. The van der Waals surface area contributed by atoms with Crippen molar-refractivity contribution in [2.75, 3.05) is 16.4 Å². The van der Waals surface area contributed by atoms with E-state index in [0.717, 1.165) is 23.3 Å². The lowest BCUT2D eigenvalue weighted by molar-refractivity contribution is -0.274. The maximum atomic E-state index is 12.3. The zero-order valence-corrected chi connectivity index (χ0v) is 15.7. The maximum absolute atomic E-state index is 12.3. The van der Waals surface area contributed by atoms with Gasteiger partial charge in [0.25, 0.3) is 0 Å². The molecule has 158 valence electrons. The summed E-state index contributed by atoms with van der Waals surface area (Å²) in [6.07, 6.45) is -3.08.